The van der Waals surface area contributed by atoms with Gasteiger partial charge in [-0.15, -0.1) is 0 Å². The number of nitrogens with two attached hydrogens (primary N) is 1. The fraction of sp³-hybridized carbons (Fsp3) is 0.625. The van der Waals surface area contributed by atoms with E-state index in [4.69, 9.17) is 10.5 Å². The molecule has 0 spiro atoms. The second-order valence-corrected chi connectivity index (χ2v) is 5.82. The Morgan fingerprint density at radius 3 is 2.65 bits per heavy atom. The molecule has 0 aliphatic carbocycles. The smallest absolute Gasteiger partial charge is 0.123 e. The largest absolute Gasteiger partial charge is 0.496 e. The van der Waals surface area contributed by atoms with Crippen LogP contribution in [0.2, 0.25) is 0 Å². The number of likely N-dealkylation sites (N-methyl/N-ethyl adjacent to an activating group) is 1. The van der Waals surface area contributed by atoms with Crippen LogP contribution in [0.1, 0.15) is 24.4 Å². The Hall–Kier alpha value is -1.10. The van der Waals surface area contributed by atoms with Crippen molar-refractivity contribution in [1.29, 1.82) is 0 Å². The number of para-hydroxylation sites is 1. The van der Waals surface area contributed by atoms with Crippen LogP contribution in [0.4, 0.5) is 0 Å². The molecule has 1 aliphatic heterocycles. The van der Waals surface area contributed by atoms with E-state index in [0.717, 1.165) is 17.9 Å². The summed E-state index contributed by atoms with van der Waals surface area (Å²) < 4.78 is 5.40. The monoisotopic (exact) mass is 277 g/mol. The quantitative estimate of drug-likeness (QED) is 0.890. The SMILES string of the molecule is COc1ccccc1C(N)CN(C)C1CCN(C)CC1. The van der Waals surface area contributed by atoms with Gasteiger partial charge in [0.15, 0.2) is 0 Å². The van der Waals surface area contributed by atoms with Gasteiger partial charge in [-0.25, -0.2) is 0 Å². The third-order valence-corrected chi connectivity index (χ3v) is 4.33. The molecule has 1 heterocycles. The van der Waals surface area contributed by atoms with Gasteiger partial charge in [0.05, 0.1) is 7.11 Å². The number of piperidine rings is 1. The number of methoxy groups -OCH3 is 1. The lowest BCUT2D eigenvalue weighted by Gasteiger charge is -2.36. The summed E-state index contributed by atoms with van der Waals surface area (Å²) in [5.74, 6) is 0.886. The highest BCUT2D eigenvalue weighted by Gasteiger charge is 2.22. The predicted molar refractivity (Wildman–Crippen MR) is 83.1 cm³/mol. The summed E-state index contributed by atoms with van der Waals surface area (Å²) in [6, 6.07) is 8.68. The van der Waals surface area contributed by atoms with Gasteiger partial charge < -0.3 is 20.3 Å². The van der Waals surface area contributed by atoms with Crippen LogP contribution >= 0.6 is 0 Å². The molecule has 0 amide bonds. The first-order valence-electron chi connectivity index (χ1n) is 7.39. The summed E-state index contributed by atoms with van der Waals surface area (Å²) in [7, 11) is 6.08. The molecule has 112 valence electrons. The number of likely N-dealkylation sites (tertiary alicyclic amines) is 1. The number of ether oxygens (including phenoxy) is 1. The lowest BCUT2D eigenvalue weighted by molar-refractivity contribution is 0.138. The molecule has 1 fully saturated rings. The maximum Gasteiger partial charge on any atom is 0.123 e. The van der Waals surface area contributed by atoms with Gasteiger partial charge in [-0.2, -0.15) is 0 Å². The van der Waals surface area contributed by atoms with Crippen molar-refractivity contribution in [3.8, 4) is 5.75 Å². The summed E-state index contributed by atoms with van der Waals surface area (Å²) in [6.07, 6.45) is 2.46. The van der Waals surface area contributed by atoms with E-state index >= 15 is 0 Å². The summed E-state index contributed by atoms with van der Waals surface area (Å²) in [5, 5.41) is 0. The minimum atomic E-state index is -0.00388. The van der Waals surface area contributed by atoms with Crippen LogP contribution in [-0.2, 0) is 0 Å². The molecule has 2 N–H and O–H groups in total. The number of benzene rings is 1. The standard InChI is InChI=1S/C16H27N3O/c1-18-10-8-13(9-11-18)19(2)12-15(17)14-6-4-5-7-16(14)20-3/h4-7,13,15H,8-12,17H2,1-3H3. The van der Waals surface area contributed by atoms with Gasteiger partial charge in [0, 0.05) is 24.2 Å². The maximum atomic E-state index is 6.37. The fourth-order valence-electron chi connectivity index (χ4n) is 2.97. The molecule has 4 heteroatoms. The molecule has 0 radical (unpaired) electrons. The third kappa shape index (κ3) is 3.72. The molecule has 1 aromatic carbocycles. The highest BCUT2D eigenvalue weighted by molar-refractivity contribution is 5.35. The van der Waals surface area contributed by atoms with Crippen molar-refractivity contribution in [2.75, 3.05) is 40.8 Å². The van der Waals surface area contributed by atoms with Gasteiger partial charge >= 0.3 is 0 Å². The number of nitrogens with zero attached hydrogens (tertiary/aromatic N) is 2. The number of hydrogen-bond donors (Lipinski definition) is 1. The zero-order valence-electron chi connectivity index (χ0n) is 12.9. The molecule has 1 unspecified atom stereocenters. The van der Waals surface area contributed by atoms with E-state index in [0.29, 0.717) is 6.04 Å². The Labute approximate surface area is 122 Å². The van der Waals surface area contributed by atoms with E-state index in [9.17, 15) is 0 Å². The second kappa shape index (κ2) is 7.07. The lowest BCUT2D eigenvalue weighted by Crippen LogP contribution is -2.44. The Kier molecular flexibility index (Phi) is 5.40. The molecule has 1 aliphatic rings. The van der Waals surface area contributed by atoms with Gasteiger partial charge in [0.25, 0.3) is 0 Å². The molecule has 2 rings (SSSR count). The topological polar surface area (TPSA) is 41.7 Å². The molecule has 4 nitrogen and oxygen atoms in total. The van der Waals surface area contributed by atoms with Crippen molar-refractivity contribution < 1.29 is 4.74 Å². The first-order chi connectivity index (χ1) is 9.61. The second-order valence-electron chi connectivity index (χ2n) is 5.82. The van der Waals surface area contributed by atoms with E-state index in [1.807, 2.05) is 18.2 Å². The minimum Gasteiger partial charge on any atom is -0.496 e. The van der Waals surface area contributed by atoms with Crippen molar-refractivity contribution >= 4 is 0 Å². The highest BCUT2D eigenvalue weighted by atomic mass is 16.5. The van der Waals surface area contributed by atoms with Crippen LogP contribution < -0.4 is 10.5 Å². The molecule has 0 bridgehead atoms. The first kappa shape index (κ1) is 15.3. The molecular weight excluding hydrogens is 250 g/mol. The zero-order valence-corrected chi connectivity index (χ0v) is 12.9. The van der Waals surface area contributed by atoms with E-state index < -0.39 is 0 Å². The molecule has 1 aromatic rings. The summed E-state index contributed by atoms with van der Waals surface area (Å²) in [4.78, 5) is 4.80. The van der Waals surface area contributed by atoms with Gasteiger partial charge in [-0.3, -0.25) is 0 Å². The molecule has 20 heavy (non-hydrogen) atoms. The van der Waals surface area contributed by atoms with Crippen molar-refractivity contribution in [3.63, 3.8) is 0 Å². The molecular formula is C16H27N3O. The molecule has 0 aromatic heterocycles. The van der Waals surface area contributed by atoms with E-state index in [1.165, 1.54) is 25.9 Å². The Morgan fingerprint density at radius 1 is 1.35 bits per heavy atom. The van der Waals surface area contributed by atoms with Crippen molar-refractivity contribution in [1.82, 2.24) is 9.80 Å². The van der Waals surface area contributed by atoms with E-state index in [1.54, 1.807) is 7.11 Å². The number of hydrogen-bond acceptors (Lipinski definition) is 4. The van der Waals surface area contributed by atoms with E-state index in [2.05, 4.69) is 30.0 Å². The average Bonchev–Trinajstić information content (AvgIpc) is 2.47. The van der Waals surface area contributed by atoms with Crippen molar-refractivity contribution in [2.45, 2.75) is 24.9 Å². The predicted octanol–water partition coefficient (Wildman–Crippen LogP) is 1.72. The van der Waals surface area contributed by atoms with Gasteiger partial charge in [-0.1, -0.05) is 18.2 Å². The van der Waals surface area contributed by atoms with Crippen molar-refractivity contribution in [2.24, 2.45) is 5.73 Å². The van der Waals surface area contributed by atoms with Crippen molar-refractivity contribution in [3.05, 3.63) is 29.8 Å². The van der Waals surface area contributed by atoms with E-state index in [-0.39, 0.29) is 6.04 Å². The van der Waals surface area contributed by atoms with Crippen LogP contribution in [0.25, 0.3) is 0 Å². The fourth-order valence-corrected chi connectivity index (χ4v) is 2.97. The zero-order chi connectivity index (χ0) is 14.5. The Bertz CT molecular complexity index is 416. The molecule has 1 atom stereocenters. The normalized spacial score (nSPS) is 19.2. The van der Waals surface area contributed by atoms with Crippen LogP contribution in [0.5, 0.6) is 5.75 Å². The molecule has 1 saturated heterocycles. The molecule has 0 saturated carbocycles. The van der Waals surface area contributed by atoms with Crippen LogP contribution in [0, 0.1) is 0 Å². The Balaban J connectivity index is 1.95. The maximum absolute atomic E-state index is 6.37. The van der Waals surface area contributed by atoms with Crippen LogP contribution in [0.3, 0.4) is 0 Å². The summed E-state index contributed by atoms with van der Waals surface area (Å²) in [5.41, 5.74) is 7.47. The van der Waals surface area contributed by atoms with Gasteiger partial charge in [0.2, 0.25) is 0 Å². The summed E-state index contributed by atoms with van der Waals surface area (Å²) in [6.45, 7) is 3.23. The Morgan fingerprint density at radius 2 is 2.00 bits per heavy atom. The summed E-state index contributed by atoms with van der Waals surface area (Å²) >= 11 is 0. The van der Waals surface area contributed by atoms with Crippen LogP contribution in [0.15, 0.2) is 24.3 Å². The van der Waals surface area contributed by atoms with Gasteiger partial charge in [-0.05, 0) is 46.1 Å². The third-order valence-electron chi connectivity index (χ3n) is 4.33. The average molecular weight is 277 g/mol. The minimum absolute atomic E-state index is 0.00388. The van der Waals surface area contributed by atoms with Crippen LogP contribution in [-0.4, -0.2) is 56.7 Å². The van der Waals surface area contributed by atoms with Gasteiger partial charge in [0.1, 0.15) is 5.75 Å². The highest BCUT2D eigenvalue weighted by Crippen LogP contribution is 2.25. The first-order valence-corrected chi connectivity index (χ1v) is 7.39. The number of rotatable bonds is 5. The lowest BCUT2D eigenvalue weighted by atomic mass is 10.0.